The van der Waals surface area contributed by atoms with Gasteiger partial charge in [0.2, 0.25) is 0 Å². The molecule has 3 rings (SSSR count). The van der Waals surface area contributed by atoms with Crippen LogP contribution in [0.1, 0.15) is 32.6 Å². The van der Waals surface area contributed by atoms with Gasteiger partial charge in [0.25, 0.3) is 0 Å². The Balaban J connectivity index is 1.90. The number of anilines is 1. The fourth-order valence-corrected chi connectivity index (χ4v) is 4.04. The summed E-state index contributed by atoms with van der Waals surface area (Å²) in [7, 11) is 1.73. The maximum Gasteiger partial charge on any atom is 0.121 e. The average molecular weight is 339 g/mol. The Hall–Kier alpha value is -0.740. The van der Waals surface area contributed by atoms with E-state index in [9.17, 15) is 0 Å². The molecule has 1 unspecified atom stereocenters. The van der Waals surface area contributed by atoms with Gasteiger partial charge in [0.1, 0.15) is 5.75 Å². The van der Waals surface area contributed by atoms with Crippen molar-refractivity contribution in [1.29, 1.82) is 0 Å². The molecule has 0 bridgehead atoms. The third-order valence-corrected chi connectivity index (χ3v) is 5.47. The summed E-state index contributed by atoms with van der Waals surface area (Å²) in [4.78, 5) is 2.54. The standard InChI is InChI=1S/C16H23BrN2O/c1-12-10-18-16(7-3-4-8-16)11-19(12)15-9-13(20-2)5-6-14(15)17/h5-6,9,12,18H,3-4,7-8,10-11H2,1-2H3. The summed E-state index contributed by atoms with van der Waals surface area (Å²) >= 11 is 3.70. The van der Waals surface area contributed by atoms with E-state index in [1.54, 1.807) is 7.11 Å². The minimum atomic E-state index is 0.328. The molecule has 0 aromatic heterocycles. The lowest BCUT2D eigenvalue weighted by Gasteiger charge is -2.46. The van der Waals surface area contributed by atoms with Gasteiger partial charge in [-0.2, -0.15) is 0 Å². The molecule has 1 heterocycles. The van der Waals surface area contributed by atoms with E-state index in [0.717, 1.165) is 23.3 Å². The summed E-state index contributed by atoms with van der Waals surface area (Å²) in [5.41, 5.74) is 1.58. The van der Waals surface area contributed by atoms with Gasteiger partial charge in [-0.05, 0) is 47.8 Å². The van der Waals surface area contributed by atoms with Gasteiger partial charge in [0, 0.05) is 35.2 Å². The van der Waals surface area contributed by atoms with Crippen molar-refractivity contribution in [1.82, 2.24) is 5.32 Å². The van der Waals surface area contributed by atoms with Gasteiger partial charge in [-0.1, -0.05) is 12.8 Å². The summed E-state index contributed by atoms with van der Waals surface area (Å²) in [6.07, 6.45) is 5.32. The molecule has 1 aliphatic heterocycles. The number of halogens is 1. The number of ether oxygens (including phenoxy) is 1. The van der Waals surface area contributed by atoms with Crippen LogP contribution in [0.2, 0.25) is 0 Å². The van der Waals surface area contributed by atoms with Crippen LogP contribution in [0.15, 0.2) is 22.7 Å². The first-order valence-corrected chi connectivity index (χ1v) is 8.28. The van der Waals surface area contributed by atoms with E-state index in [1.807, 2.05) is 6.07 Å². The highest BCUT2D eigenvalue weighted by molar-refractivity contribution is 9.10. The Kier molecular flexibility index (Phi) is 3.95. The molecule has 1 spiro atoms. The second kappa shape index (κ2) is 5.57. The van der Waals surface area contributed by atoms with Crippen LogP contribution in [-0.4, -0.2) is 31.8 Å². The SMILES string of the molecule is COc1ccc(Br)c(N2CC3(CCCC3)NCC2C)c1. The van der Waals surface area contributed by atoms with E-state index < -0.39 is 0 Å². The summed E-state index contributed by atoms with van der Waals surface area (Å²) in [6.45, 7) is 4.45. The van der Waals surface area contributed by atoms with Gasteiger partial charge in [-0.3, -0.25) is 0 Å². The Bertz CT molecular complexity index is 485. The van der Waals surface area contributed by atoms with E-state index >= 15 is 0 Å². The maximum atomic E-state index is 5.39. The van der Waals surface area contributed by atoms with Crippen molar-refractivity contribution in [3.05, 3.63) is 22.7 Å². The Morgan fingerprint density at radius 3 is 2.80 bits per heavy atom. The smallest absolute Gasteiger partial charge is 0.121 e. The lowest BCUT2D eigenvalue weighted by molar-refractivity contribution is 0.276. The topological polar surface area (TPSA) is 24.5 Å². The number of nitrogens with one attached hydrogen (secondary N) is 1. The van der Waals surface area contributed by atoms with Crippen LogP contribution in [0.4, 0.5) is 5.69 Å². The summed E-state index contributed by atoms with van der Waals surface area (Å²) in [5, 5.41) is 3.80. The second-order valence-electron chi connectivity index (χ2n) is 6.16. The first-order valence-electron chi connectivity index (χ1n) is 7.49. The highest BCUT2D eigenvalue weighted by Gasteiger charge is 2.40. The molecule has 3 nitrogen and oxygen atoms in total. The van der Waals surface area contributed by atoms with Crippen molar-refractivity contribution in [2.45, 2.75) is 44.2 Å². The maximum absolute atomic E-state index is 5.39. The molecule has 1 aromatic carbocycles. The molecule has 1 aliphatic carbocycles. The van der Waals surface area contributed by atoms with E-state index in [1.165, 1.54) is 31.4 Å². The van der Waals surface area contributed by atoms with Crippen LogP contribution in [0.25, 0.3) is 0 Å². The summed E-state index contributed by atoms with van der Waals surface area (Å²) < 4.78 is 6.54. The van der Waals surface area contributed by atoms with Crippen molar-refractivity contribution in [3.63, 3.8) is 0 Å². The largest absolute Gasteiger partial charge is 0.497 e. The van der Waals surface area contributed by atoms with Crippen LogP contribution in [0.5, 0.6) is 5.75 Å². The van der Waals surface area contributed by atoms with Crippen LogP contribution >= 0.6 is 15.9 Å². The lowest BCUT2D eigenvalue weighted by Crippen LogP contribution is -2.62. The fraction of sp³-hybridized carbons (Fsp3) is 0.625. The van der Waals surface area contributed by atoms with Gasteiger partial charge in [0.05, 0.1) is 12.8 Å². The van der Waals surface area contributed by atoms with E-state index in [-0.39, 0.29) is 0 Å². The molecule has 1 aromatic rings. The number of rotatable bonds is 2. The highest BCUT2D eigenvalue weighted by atomic mass is 79.9. The predicted molar refractivity (Wildman–Crippen MR) is 86.7 cm³/mol. The number of piperazine rings is 1. The van der Waals surface area contributed by atoms with Crippen molar-refractivity contribution in [2.24, 2.45) is 0 Å². The molecule has 1 N–H and O–H groups in total. The lowest BCUT2D eigenvalue weighted by atomic mass is 9.92. The molecule has 2 aliphatic rings. The first kappa shape index (κ1) is 14.2. The average Bonchev–Trinajstić information content (AvgIpc) is 2.91. The third kappa shape index (κ3) is 2.56. The van der Waals surface area contributed by atoms with Gasteiger partial charge in [-0.25, -0.2) is 0 Å². The fourth-order valence-electron chi connectivity index (χ4n) is 3.56. The molecule has 1 atom stereocenters. The zero-order chi connectivity index (χ0) is 14.2. The quantitative estimate of drug-likeness (QED) is 0.892. The zero-order valence-corrected chi connectivity index (χ0v) is 13.9. The molecule has 20 heavy (non-hydrogen) atoms. The molecule has 1 saturated carbocycles. The second-order valence-corrected chi connectivity index (χ2v) is 7.02. The summed E-state index contributed by atoms with van der Waals surface area (Å²) in [6, 6.07) is 6.74. The molecular weight excluding hydrogens is 316 g/mol. The molecule has 1 saturated heterocycles. The predicted octanol–water partition coefficient (Wildman–Crippen LogP) is 3.57. The van der Waals surface area contributed by atoms with Crippen molar-refractivity contribution in [3.8, 4) is 5.75 Å². The molecule has 0 amide bonds. The number of nitrogens with zero attached hydrogens (tertiary/aromatic N) is 1. The molecule has 0 radical (unpaired) electrons. The molecular formula is C16H23BrN2O. The first-order chi connectivity index (χ1) is 9.63. The van der Waals surface area contributed by atoms with Crippen LogP contribution in [0, 0.1) is 0 Å². The molecule has 4 heteroatoms. The van der Waals surface area contributed by atoms with Gasteiger partial charge >= 0.3 is 0 Å². The Morgan fingerprint density at radius 1 is 1.35 bits per heavy atom. The summed E-state index contributed by atoms with van der Waals surface area (Å²) in [5.74, 6) is 0.925. The highest BCUT2D eigenvalue weighted by Crippen LogP contribution is 2.38. The van der Waals surface area contributed by atoms with Crippen LogP contribution in [0.3, 0.4) is 0 Å². The minimum absolute atomic E-state index is 0.328. The third-order valence-electron chi connectivity index (χ3n) is 4.80. The van der Waals surface area contributed by atoms with Crippen LogP contribution in [-0.2, 0) is 0 Å². The van der Waals surface area contributed by atoms with Crippen molar-refractivity contribution < 1.29 is 4.74 Å². The number of hydrogen-bond donors (Lipinski definition) is 1. The van der Waals surface area contributed by atoms with Crippen molar-refractivity contribution >= 4 is 21.6 Å². The Labute approximate surface area is 129 Å². The zero-order valence-electron chi connectivity index (χ0n) is 12.3. The molecule has 110 valence electrons. The van der Waals surface area contributed by atoms with E-state index in [0.29, 0.717) is 11.6 Å². The Morgan fingerprint density at radius 2 is 2.10 bits per heavy atom. The number of methoxy groups -OCH3 is 1. The van der Waals surface area contributed by atoms with Gasteiger partial charge in [0.15, 0.2) is 0 Å². The minimum Gasteiger partial charge on any atom is -0.497 e. The van der Waals surface area contributed by atoms with Gasteiger partial charge in [-0.15, -0.1) is 0 Å². The number of hydrogen-bond acceptors (Lipinski definition) is 3. The van der Waals surface area contributed by atoms with E-state index in [4.69, 9.17) is 4.74 Å². The van der Waals surface area contributed by atoms with Gasteiger partial charge < -0.3 is 15.0 Å². The number of benzene rings is 1. The van der Waals surface area contributed by atoms with Crippen molar-refractivity contribution in [2.75, 3.05) is 25.1 Å². The van der Waals surface area contributed by atoms with E-state index in [2.05, 4.69) is 45.2 Å². The molecule has 2 fully saturated rings. The van der Waals surface area contributed by atoms with Crippen LogP contribution < -0.4 is 15.0 Å². The monoisotopic (exact) mass is 338 g/mol. The normalized spacial score (nSPS) is 25.1.